The molecule has 0 saturated heterocycles. The Bertz CT molecular complexity index is 1420. The number of hydrogen-bond acceptors (Lipinski definition) is 7. The van der Waals surface area contributed by atoms with Gasteiger partial charge in [-0.25, -0.2) is 0 Å². The quantitative estimate of drug-likeness (QED) is 0.300. The van der Waals surface area contributed by atoms with Gasteiger partial charge in [-0.2, -0.15) is 4.99 Å². The van der Waals surface area contributed by atoms with Gasteiger partial charge in [-0.15, -0.1) is 0 Å². The van der Waals surface area contributed by atoms with Gasteiger partial charge in [0.05, 0.1) is 23.6 Å². The van der Waals surface area contributed by atoms with Crippen molar-refractivity contribution in [1.82, 2.24) is 5.32 Å². The summed E-state index contributed by atoms with van der Waals surface area (Å²) >= 11 is 7.66. The minimum Gasteiger partial charge on any atom is -0.493 e. The van der Waals surface area contributed by atoms with E-state index < -0.39 is 5.91 Å². The Kier molecular flexibility index (Phi) is 9.51. The van der Waals surface area contributed by atoms with Crippen LogP contribution in [0.15, 0.2) is 70.6 Å². The van der Waals surface area contributed by atoms with Gasteiger partial charge in [0.2, 0.25) is 5.91 Å². The van der Waals surface area contributed by atoms with E-state index in [1.807, 2.05) is 55.5 Å². The number of rotatable bonds is 10. The van der Waals surface area contributed by atoms with Crippen molar-refractivity contribution < 1.29 is 28.5 Å². The number of nitrogens with one attached hydrogen (secondary N) is 1. The normalized spacial score (nSPS) is 13.7. The third kappa shape index (κ3) is 7.55. The number of thioether (sulfide) groups is 1. The Morgan fingerprint density at radius 3 is 2.46 bits per heavy atom. The minimum absolute atomic E-state index is 0.206. The summed E-state index contributed by atoms with van der Waals surface area (Å²) < 4.78 is 23.3. The molecule has 0 aliphatic carbocycles. The number of carbonyl (C=O) groups is 2. The molecule has 0 radical (unpaired) electrons. The van der Waals surface area contributed by atoms with Crippen molar-refractivity contribution in [3.05, 3.63) is 87.3 Å². The lowest BCUT2D eigenvalue weighted by Crippen LogP contribution is -2.23. The highest BCUT2D eigenvalue weighted by molar-refractivity contribution is 8.18. The summed E-state index contributed by atoms with van der Waals surface area (Å²) in [6.45, 7) is 4.22. The molecule has 39 heavy (non-hydrogen) atoms. The van der Waals surface area contributed by atoms with Gasteiger partial charge in [0.15, 0.2) is 28.2 Å². The molecule has 0 bridgehead atoms. The van der Waals surface area contributed by atoms with Gasteiger partial charge in [-0.3, -0.25) is 9.59 Å². The number of amidine groups is 1. The van der Waals surface area contributed by atoms with Crippen molar-refractivity contribution in [3.63, 3.8) is 0 Å². The van der Waals surface area contributed by atoms with E-state index in [4.69, 9.17) is 30.5 Å². The number of halogens is 1. The van der Waals surface area contributed by atoms with Gasteiger partial charge in [-0.05, 0) is 65.7 Å². The fourth-order valence-electron chi connectivity index (χ4n) is 3.65. The second-order valence-corrected chi connectivity index (χ2v) is 9.76. The highest BCUT2D eigenvalue weighted by atomic mass is 35.5. The molecule has 0 aromatic heterocycles. The molecule has 4 rings (SSSR count). The van der Waals surface area contributed by atoms with Crippen LogP contribution in [0, 0.1) is 0 Å². The lowest BCUT2D eigenvalue weighted by Gasteiger charge is -2.16. The standard InChI is InChI=1S/C29H27ClN2O6S/c1-4-36-25-14-21(15-26-28(34)32-29(39-26)31-18(2)33)12-22(30)27(25)38-17-20-10-11-23(24(13-20)35-3)37-16-19-8-6-5-7-9-19/h5-15H,4,16-17H2,1-3H3,(H,31,32,33,34)/b26-15+. The Morgan fingerprint density at radius 1 is 0.974 bits per heavy atom. The molecule has 3 aromatic rings. The molecule has 202 valence electrons. The Hall–Kier alpha value is -3.95. The summed E-state index contributed by atoms with van der Waals surface area (Å²) in [5.74, 6) is 1.29. The molecule has 1 aliphatic heterocycles. The molecule has 8 nitrogen and oxygen atoms in total. The Balaban J connectivity index is 1.47. The van der Waals surface area contributed by atoms with Crippen molar-refractivity contribution in [2.75, 3.05) is 13.7 Å². The highest BCUT2D eigenvalue weighted by Gasteiger charge is 2.23. The molecule has 0 atom stereocenters. The zero-order chi connectivity index (χ0) is 27.8. The first-order chi connectivity index (χ1) is 18.9. The van der Waals surface area contributed by atoms with Crippen LogP contribution in [0.5, 0.6) is 23.0 Å². The van der Waals surface area contributed by atoms with Crippen molar-refractivity contribution in [3.8, 4) is 23.0 Å². The largest absolute Gasteiger partial charge is 0.493 e. The molecule has 0 fully saturated rings. The van der Waals surface area contributed by atoms with E-state index in [-0.39, 0.29) is 17.7 Å². The SMILES string of the molecule is CCOc1cc(/C=C2/SC(NC(C)=O)=NC2=O)cc(Cl)c1OCc1ccc(OCc2ccccc2)c(OC)c1. The first-order valence-electron chi connectivity index (χ1n) is 12.1. The monoisotopic (exact) mass is 566 g/mol. The van der Waals surface area contributed by atoms with Gasteiger partial charge < -0.3 is 24.3 Å². The molecule has 1 N–H and O–H groups in total. The van der Waals surface area contributed by atoms with Crippen LogP contribution < -0.4 is 24.3 Å². The van der Waals surface area contributed by atoms with Gasteiger partial charge >= 0.3 is 0 Å². The van der Waals surface area contributed by atoms with E-state index in [0.717, 1.165) is 22.9 Å². The third-order valence-corrected chi connectivity index (χ3v) is 6.56. The molecular weight excluding hydrogens is 540 g/mol. The first-order valence-corrected chi connectivity index (χ1v) is 13.3. The maximum absolute atomic E-state index is 12.2. The number of hydrogen-bond donors (Lipinski definition) is 1. The number of nitrogens with zero attached hydrogens (tertiary/aromatic N) is 1. The summed E-state index contributed by atoms with van der Waals surface area (Å²) in [6, 6.07) is 18.9. The predicted octanol–water partition coefficient (Wildman–Crippen LogP) is 6.01. The van der Waals surface area contributed by atoms with Crippen LogP contribution in [-0.4, -0.2) is 30.7 Å². The molecule has 10 heteroatoms. The maximum Gasteiger partial charge on any atom is 0.286 e. The van der Waals surface area contributed by atoms with Gasteiger partial charge in [0.1, 0.15) is 13.2 Å². The molecular formula is C29H27ClN2O6S. The number of aliphatic imine (C=N–C) groups is 1. The summed E-state index contributed by atoms with van der Waals surface area (Å²) in [7, 11) is 1.59. The molecule has 0 spiro atoms. The van der Waals surface area contributed by atoms with Crippen LogP contribution in [0.2, 0.25) is 5.02 Å². The molecule has 1 aliphatic rings. The molecule has 2 amide bonds. The predicted molar refractivity (Wildman–Crippen MR) is 153 cm³/mol. The number of benzene rings is 3. The van der Waals surface area contributed by atoms with Crippen LogP contribution in [0.3, 0.4) is 0 Å². The second kappa shape index (κ2) is 13.2. The smallest absolute Gasteiger partial charge is 0.286 e. The number of methoxy groups -OCH3 is 1. The summed E-state index contributed by atoms with van der Waals surface area (Å²) in [5.41, 5.74) is 2.53. The fraction of sp³-hybridized carbons (Fsp3) is 0.207. The second-order valence-electron chi connectivity index (χ2n) is 8.33. The zero-order valence-electron chi connectivity index (χ0n) is 21.7. The Labute approximate surface area is 236 Å². The van der Waals surface area contributed by atoms with E-state index in [0.29, 0.717) is 51.7 Å². The van der Waals surface area contributed by atoms with Gasteiger partial charge in [0.25, 0.3) is 5.91 Å². The lowest BCUT2D eigenvalue weighted by molar-refractivity contribution is -0.117. The lowest BCUT2D eigenvalue weighted by atomic mass is 10.1. The highest BCUT2D eigenvalue weighted by Crippen LogP contribution is 2.39. The fourth-order valence-corrected chi connectivity index (χ4v) is 4.78. The van der Waals surface area contributed by atoms with E-state index >= 15 is 0 Å². The van der Waals surface area contributed by atoms with E-state index in [1.165, 1.54) is 6.92 Å². The maximum atomic E-state index is 12.2. The molecule has 1 heterocycles. The van der Waals surface area contributed by atoms with Crippen LogP contribution in [0.4, 0.5) is 0 Å². The van der Waals surface area contributed by atoms with E-state index in [1.54, 1.807) is 25.3 Å². The van der Waals surface area contributed by atoms with Crippen LogP contribution in [-0.2, 0) is 22.8 Å². The van der Waals surface area contributed by atoms with Gasteiger partial charge in [0, 0.05) is 6.92 Å². The topological polar surface area (TPSA) is 95.5 Å². The van der Waals surface area contributed by atoms with Crippen molar-refractivity contribution in [2.24, 2.45) is 4.99 Å². The zero-order valence-corrected chi connectivity index (χ0v) is 23.2. The average molecular weight is 567 g/mol. The summed E-state index contributed by atoms with van der Waals surface area (Å²) in [4.78, 5) is 27.7. The Morgan fingerprint density at radius 2 is 1.74 bits per heavy atom. The summed E-state index contributed by atoms with van der Waals surface area (Å²) in [5, 5.41) is 3.08. The van der Waals surface area contributed by atoms with Crippen LogP contribution in [0.1, 0.15) is 30.5 Å². The van der Waals surface area contributed by atoms with Crippen LogP contribution in [0.25, 0.3) is 6.08 Å². The van der Waals surface area contributed by atoms with Crippen molar-refractivity contribution in [2.45, 2.75) is 27.1 Å². The molecule has 0 saturated carbocycles. The van der Waals surface area contributed by atoms with Crippen molar-refractivity contribution in [1.29, 1.82) is 0 Å². The van der Waals surface area contributed by atoms with E-state index in [2.05, 4.69) is 10.3 Å². The minimum atomic E-state index is -0.441. The number of amides is 2. The molecule has 0 unspecified atom stereocenters. The first kappa shape index (κ1) is 28.1. The third-order valence-electron chi connectivity index (χ3n) is 5.38. The average Bonchev–Trinajstić information content (AvgIpc) is 3.25. The van der Waals surface area contributed by atoms with E-state index in [9.17, 15) is 9.59 Å². The van der Waals surface area contributed by atoms with Crippen LogP contribution >= 0.6 is 23.4 Å². The number of carbonyl (C=O) groups excluding carboxylic acids is 2. The van der Waals surface area contributed by atoms with Gasteiger partial charge in [-0.1, -0.05) is 48.0 Å². The summed E-state index contributed by atoms with van der Waals surface area (Å²) in [6.07, 6.45) is 1.64. The van der Waals surface area contributed by atoms with Crippen molar-refractivity contribution >= 4 is 46.4 Å². The molecule has 3 aromatic carbocycles. The number of ether oxygens (including phenoxy) is 4.